The normalized spacial score (nSPS) is 10.2. The Bertz CT molecular complexity index is 536. The quantitative estimate of drug-likeness (QED) is 0.632. The number of aryl methyl sites for hydroxylation is 2. The monoisotopic (exact) mass is 288 g/mol. The fraction of sp³-hybridized carbons (Fsp3) is 0.333. The second-order valence-corrected chi connectivity index (χ2v) is 5.05. The minimum absolute atomic E-state index is 0.700. The number of nitrogens with one attached hydrogen (secondary N) is 2. The van der Waals surface area contributed by atoms with Crippen molar-refractivity contribution in [3.05, 3.63) is 53.9 Å². The molecule has 0 saturated carbocycles. The van der Waals surface area contributed by atoms with Crippen LogP contribution in [0.15, 0.2) is 42.6 Å². The number of thiocarbonyl (C=S) groups is 1. The number of hydrogen-bond donors (Lipinski definition) is 2. The van der Waals surface area contributed by atoms with E-state index in [4.69, 9.17) is 12.2 Å². The molecule has 0 aliphatic carbocycles. The predicted molar refractivity (Wildman–Crippen MR) is 85.5 cm³/mol. The molecule has 0 spiro atoms. The molecule has 106 valence electrons. The summed E-state index contributed by atoms with van der Waals surface area (Å²) in [5, 5.41) is 11.4. The Hall–Kier alpha value is -1.88. The second kappa shape index (κ2) is 7.65. The molecule has 5 heteroatoms. The van der Waals surface area contributed by atoms with Gasteiger partial charge in [0.2, 0.25) is 0 Å². The van der Waals surface area contributed by atoms with Gasteiger partial charge in [0.15, 0.2) is 5.11 Å². The van der Waals surface area contributed by atoms with Gasteiger partial charge in [-0.25, -0.2) is 0 Å². The first-order chi connectivity index (χ1) is 9.75. The average molecular weight is 288 g/mol. The van der Waals surface area contributed by atoms with Gasteiger partial charge in [0.25, 0.3) is 0 Å². The number of hydrogen-bond acceptors (Lipinski definition) is 2. The van der Waals surface area contributed by atoms with Crippen LogP contribution in [-0.4, -0.2) is 21.4 Å². The van der Waals surface area contributed by atoms with Crippen molar-refractivity contribution >= 4 is 17.3 Å². The highest BCUT2D eigenvalue weighted by atomic mass is 32.1. The Balaban J connectivity index is 1.60. The van der Waals surface area contributed by atoms with Crippen LogP contribution in [-0.2, 0) is 13.1 Å². The summed E-state index contributed by atoms with van der Waals surface area (Å²) in [5.41, 5.74) is 2.42. The van der Waals surface area contributed by atoms with Crippen molar-refractivity contribution in [2.24, 2.45) is 0 Å². The van der Waals surface area contributed by atoms with Gasteiger partial charge in [-0.2, -0.15) is 5.10 Å². The van der Waals surface area contributed by atoms with Gasteiger partial charge in [-0.3, -0.25) is 4.68 Å². The summed E-state index contributed by atoms with van der Waals surface area (Å²) >= 11 is 5.25. The van der Waals surface area contributed by atoms with Crippen LogP contribution < -0.4 is 10.6 Å². The van der Waals surface area contributed by atoms with E-state index in [0.717, 1.165) is 26.1 Å². The topological polar surface area (TPSA) is 41.9 Å². The molecule has 0 bridgehead atoms. The second-order valence-electron chi connectivity index (χ2n) is 4.64. The average Bonchev–Trinajstić information content (AvgIpc) is 2.88. The Morgan fingerprint density at radius 2 is 2.00 bits per heavy atom. The number of aromatic nitrogens is 2. The minimum Gasteiger partial charge on any atom is -0.363 e. The number of benzene rings is 1. The van der Waals surface area contributed by atoms with Crippen LogP contribution in [0.3, 0.4) is 0 Å². The highest BCUT2D eigenvalue weighted by Crippen LogP contribution is 1.98. The maximum absolute atomic E-state index is 5.25. The predicted octanol–water partition coefficient (Wildman–Crippen LogP) is 2.25. The molecule has 0 unspecified atom stereocenters. The molecule has 2 rings (SSSR count). The molecule has 0 aliphatic heterocycles. The highest BCUT2D eigenvalue weighted by molar-refractivity contribution is 7.80. The van der Waals surface area contributed by atoms with Crippen LogP contribution in [0.2, 0.25) is 0 Å². The van der Waals surface area contributed by atoms with E-state index >= 15 is 0 Å². The summed E-state index contributed by atoms with van der Waals surface area (Å²) in [4.78, 5) is 0. The lowest BCUT2D eigenvalue weighted by molar-refractivity contribution is 0.559. The van der Waals surface area contributed by atoms with Crippen LogP contribution in [0.25, 0.3) is 0 Å². The molecule has 1 heterocycles. The Morgan fingerprint density at radius 1 is 1.20 bits per heavy atom. The molecule has 20 heavy (non-hydrogen) atoms. The van der Waals surface area contributed by atoms with Crippen molar-refractivity contribution in [1.29, 1.82) is 0 Å². The largest absolute Gasteiger partial charge is 0.363 e. The molecule has 0 saturated heterocycles. The third kappa shape index (κ3) is 4.66. The van der Waals surface area contributed by atoms with E-state index in [1.165, 1.54) is 11.3 Å². The van der Waals surface area contributed by atoms with Crippen molar-refractivity contribution in [2.75, 3.05) is 6.54 Å². The molecule has 0 radical (unpaired) electrons. The van der Waals surface area contributed by atoms with Crippen LogP contribution in [0, 0.1) is 6.92 Å². The SMILES string of the molecule is Cc1ccnn1CCCNC(=S)NCc1ccccc1. The Morgan fingerprint density at radius 3 is 2.70 bits per heavy atom. The zero-order valence-corrected chi connectivity index (χ0v) is 12.5. The van der Waals surface area contributed by atoms with Crippen molar-refractivity contribution in [3.8, 4) is 0 Å². The van der Waals surface area contributed by atoms with Crippen LogP contribution in [0.5, 0.6) is 0 Å². The van der Waals surface area contributed by atoms with E-state index in [0.29, 0.717) is 5.11 Å². The Labute approximate surface area is 125 Å². The summed E-state index contributed by atoms with van der Waals surface area (Å²) < 4.78 is 2.00. The third-order valence-electron chi connectivity index (χ3n) is 3.06. The fourth-order valence-electron chi connectivity index (χ4n) is 1.90. The van der Waals surface area contributed by atoms with Crippen molar-refractivity contribution in [3.63, 3.8) is 0 Å². The summed E-state index contributed by atoms with van der Waals surface area (Å²) in [7, 11) is 0. The van der Waals surface area contributed by atoms with E-state index in [2.05, 4.69) is 34.8 Å². The van der Waals surface area contributed by atoms with Gasteiger partial charge >= 0.3 is 0 Å². The lowest BCUT2D eigenvalue weighted by Crippen LogP contribution is -2.35. The first-order valence-corrected chi connectivity index (χ1v) is 7.20. The van der Waals surface area contributed by atoms with Crippen LogP contribution in [0.1, 0.15) is 17.7 Å². The Kier molecular flexibility index (Phi) is 5.55. The standard InChI is InChI=1S/C15H20N4S/c1-13-8-10-18-19(13)11-5-9-16-15(20)17-12-14-6-3-2-4-7-14/h2-4,6-8,10H,5,9,11-12H2,1H3,(H2,16,17,20). The summed E-state index contributed by atoms with van der Waals surface area (Å²) in [6.45, 7) is 4.57. The maximum Gasteiger partial charge on any atom is 0.166 e. The molecule has 4 nitrogen and oxygen atoms in total. The molecular formula is C15H20N4S. The van der Waals surface area contributed by atoms with Gasteiger partial charge in [0.1, 0.15) is 0 Å². The first-order valence-electron chi connectivity index (χ1n) is 6.80. The molecule has 2 N–H and O–H groups in total. The van der Waals surface area contributed by atoms with E-state index in [-0.39, 0.29) is 0 Å². The first kappa shape index (κ1) is 14.5. The zero-order chi connectivity index (χ0) is 14.2. The zero-order valence-electron chi connectivity index (χ0n) is 11.7. The lowest BCUT2D eigenvalue weighted by Gasteiger charge is -2.11. The van der Waals surface area contributed by atoms with E-state index in [9.17, 15) is 0 Å². The van der Waals surface area contributed by atoms with Gasteiger partial charge in [-0.05, 0) is 37.2 Å². The van der Waals surface area contributed by atoms with Gasteiger partial charge in [-0.15, -0.1) is 0 Å². The maximum atomic E-state index is 5.25. The van der Waals surface area contributed by atoms with Crippen LogP contribution in [0.4, 0.5) is 0 Å². The van der Waals surface area contributed by atoms with E-state index in [1.54, 1.807) is 0 Å². The summed E-state index contributed by atoms with van der Waals surface area (Å²) in [6.07, 6.45) is 2.82. The molecule has 0 amide bonds. The third-order valence-corrected chi connectivity index (χ3v) is 3.35. The summed E-state index contributed by atoms with van der Waals surface area (Å²) in [5.74, 6) is 0. The molecule has 1 aromatic heterocycles. The minimum atomic E-state index is 0.700. The molecule has 0 aliphatic rings. The number of nitrogens with zero attached hydrogens (tertiary/aromatic N) is 2. The van der Waals surface area contributed by atoms with Gasteiger partial charge in [0.05, 0.1) is 0 Å². The van der Waals surface area contributed by atoms with Gasteiger partial charge in [-0.1, -0.05) is 30.3 Å². The summed E-state index contributed by atoms with van der Waals surface area (Å²) in [6, 6.07) is 12.2. The van der Waals surface area contributed by atoms with E-state index < -0.39 is 0 Å². The smallest absolute Gasteiger partial charge is 0.166 e. The van der Waals surface area contributed by atoms with E-state index in [1.807, 2.05) is 35.1 Å². The van der Waals surface area contributed by atoms with Crippen molar-refractivity contribution in [2.45, 2.75) is 26.4 Å². The van der Waals surface area contributed by atoms with Gasteiger partial charge < -0.3 is 10.6 Å². The fourth-order valence-corrected chi connectivity index (χ4v) is 2.08. The molecule has 1 aromatic carbocycles. The van der Waals surface area contributed by atoms with Crippen molar-refractivity contribution < 1.29 is 0 Å². The number of rotatable bonds is 6. The van der Waals surface area contributed by atoms with Crippen molar-refractivity contribution in [1.82, 2.24) is 20.4 Å². The molecule has 0 fully saturated rings. The van der Waals surface area contributed by atoms with Gasteiger partial charge in [0, 0.05) is 31.5 Å². The molecule has 2 aromatic rings. The lowest BCUT2D eigenvalue weighted by atomic mass is 10.2. The highest BCUT2D eigenvalue weighted by Gasteiger charge is 1.98. The molecular weight excluding hydrogens is 268 g/mol. The molecule has 0 atom stereocenters. The van der Waals surface area contributed by atoms with Crippen LogP contribution >= 0.6 is 12.2 Å².